The molecule has 0 unspecified atom stereocenters. The van der Waals surface area contributed by atoms with Crippen LogP contribution in [0.2, 0.25) is 0 Å². The van der Waals surface area contributed by atoms with Crippen LogP contribution in [-0.2, 0) is 6.54 Å². The van der Waals surface area contributed by atoms with Gasteiger partial charge in [0.1, 0.15) is 11.6 Å². The molecule has 0 aliphatic heterocycles. The van der Waals surface area contributed by atoms with Crippen molar-refractivity contribution in [3.05, 3.63) is 67.7 Å². The van der Waals surface area contributed by atoms with E-state index in [2.05, 4.69) is 22.6 Å². The molecule has 3 nitrogen and oxygen atoms in total. The minimum Gasteiger partial charge on any atom is -0.408 e. The van der Waals surface area contributed by atoms with E-state index in [0.29, 0.717) is 11.1 Å². The highest BCUT2D eigenvalue weighted by molar-refractivity contribution is 14.1. The Morgan fingerprint density at radius 1 is 1.15 bits per heavy atom. The molecule has 0 atom stereocenters. The lowest BCUT2D eigenvalue weighted by Crippen LogP contribution is -2.15. The Bertz CT molecular complexity index is 854. The predicted octanol–water partition coefficient (Wildman–Crippen LogP) is 3.53. The van der Waals surface area contributed by atoms with Crippen molar-refractivity contribution in [1.29, 1.82) is 0 Å². The minimum atomic E-state index is -0.684. The quantitative estimate of drug-likeness (QED) is 0.631. The first-order valence-corrected chi connectivity index (χ1v) is 6.85. The summed E-state index contributed by atoms with van der Waals surface area (Å²) in [5.41, 5.74) is 1.26. The lowest BCUT2D eigenvalue weighted by Gasteiger charge is -2.04. The van der Waals surface area contributed by atoms with Crippen LogP contribution in [0.5, 0.6) is 0 Å². The van der Waals surface area contributed by atoms with E-state index in [1.165, 1.54) is 10.6 Å². The van der Waals surface area contributed by atoms with Crippen molar-refractivity contribution in [2.45, 2.75) is 6.54 Å². The van der Waals surface area contributed by atoms with Gasteiger partial charge in [-0.2, -0.15) is 0 Å². The third-order valence-electron chi connectivity index (χ3n) is 2.97. The highest BCUT2D eigenvalue weighted by atomic mass is 127. The molecule has 0 radical (unpaired) electrons. The second-order valence-corrected chi connectivity index (χ2v) is 5.55. The van der Waals surface area contributed by atoms with Crippen LogP contribution in [0.3, 0.4) is 0 Å². The number of aromatic nitrogens is 1. The molecule has 6 heteroatoms. The largest absolute Gasteiger partial charge is 0.420 e. The fourth-order valence-corrected chi connectivity index (χ4v) is 2.47. The van der Waals surface area contributed by atoms with Crippen molar-refractivity contribution in [3.63, 3.8) is 0 Å². The maximum absolute atomic E-state index is 13.7. The van der Waals surface area contributed by atoms with E-state index >= 15 is 0 Å². The maximum Gasteiger partial charge on any atom is 0.420 e. The zero-order valence-electron chi connectivity index (χ0n) is 10.1. The van der Waals surface area contributed by atoms with Gasteiger partial charge in [-0.05, 0) is 46.9 Å². The number of fused-ring (bicyclic) bond motifs is 1. The van der Waals surface area contributed by atoms with Crippen LogP contribution in [0.1, 0.15) is 5.56 Å². The summed E-state index contributed by atoms with van der Waals surface area (Å²) >= 11 is 2.11. The topological polar surface area (TPSA) is 35.1 Å². The Kier molecular flexibility index (Phi) is 3.33. The fourth-order valence-electron chi connectivity index (χ4n) is 2.01. The predicted molar refractivity (Wildman–Crippen MR) is 78.7 cm³/mol. The zero-order chi connectivity index (χ0) is 14.3. The standard InChI is InChI=1S/C14H8F2INO2/c15-9-2-1-8(11(16)5-9)7-18-12-4-3-10(17)6-13(12)20-14(18)19/h1-6H,7H2. The molecule has 3 rings (SSSR count). The smallest absolute Gasteiger partial charge is 0.408 e. The van der Waals surface area contributed by atoms with Gasteiger partial charge in [0, 0.05) is 15.2 Å². The van der Waals surface area contributed by atoms with Crippen molar-refractivity contribution < 1.29 is 13.2 Å². The average Bonchev–Trinajstić information content (AvgIpc) is 2.68. The highest BCUT2D eigenvalue weighted by Gasteiger charge is 2.12. The molecule has 3 aromatic rings. The molecule has 102 valence electrons. The summed E-state index contributed by atoms with van der Waals surface area (Å²) in [6.07, 6.45) is 0. The van der Waals surface area contributed by atoms with Crippen LogP contribution in [0, 0.1) is 15.2 Å². The maximum atomic E-state index is 13.7. The van der Waals surface area contributed by atoms with Gasteiger partial charge in [0.15, 0.2) is 5.58 Å². The Morgan fingerprint density at radius 2 is 1.95 bits per heavy atom. The van der Waals surface area contributed by atoms with E-state index in [4.69, 9.17) is 4.42 Å². The molecule has 20 heavy (non-hydrogen) atoms. The van der Waals surface area contributed by atoms with Crippen molar-refractivity contribution in [2.75, 3.05) is 0 Å². The second kappa shape index (κ2) is 5.01. The average molecular weight is 387 g/mol. The molecule has 1 aromatic heterocycles. The lowest BCUT2D eigenvalue weighted by molar-refractivity contribution is 0.510. The van der Waals surface area contributed by atoms with Gasteiger partial charge in [-0.25, -0.2) is 13.6 Å². The summed E-state index contributed by atoms with van der Waals surface area (Å²) in [5.74, 6) is -1.90. The Balaban J connectivity index is 2.11. The van der Waals surface area contributed by atoms with Crippen LogP contribution in [-0.4, -0.2) is 4.57 Å². The zero-order valence-corrected chi connectivity index (χ0v) is 12.2. The summed E-state index contributed by atoms with van der Waals surface area (Å²) in [6.45, 7) is -0.00145. The number of oxazole rings is 1. The normalized spacial score (nSPS) is 11.2. The van der Waals surface area contributed by atoms with E-state index in [1.807, 2.05) is 6.07 Å². The molecule has 0 aliphatic carbocycles. The van der Waals surface area contributed by atoms with Gasteiger partial charge >= 0.3 is 5.76 Å². The van der Waals surface area contributed by atoms with E-state index < -0.39 is 17.4 Å². The summed E-state index contributed by atoms with van der Waals surface area (Å²) < 4.78 is 33.9. The number of rotatable bonds is 2. The molecule has 0 N–H and O–H groups in total. The van der Waals surface area contributed by atoms with Gasteiger partial charge < -0.3 is 4.42 Å². The van der Waals surface area contributed by atoms with E-state index in [0.717, 1.165) is 15.7 Å². The molecule has 0 aliphatic rings. The molecular formula is C14H8F2INO2. The van der Waals surface area contributed by atoms with Gasteiger partial charge in [-0.3, -0.25) is 4.57 Å². The summed E-state index contributed by atoms with van der Waals surface area (Å²) in [6, 6.07) is 8.58. The van der Waals surface area contributed by atoms with Crippen LogP contribution in [0.25, 0.3) is 11.1 Å². The third-order valence-corrected chi connectivity index (χ3v) is 3.64. The van der Waals surface area contributed by atoms with E-state index in [9.17, 15) is 13.6 Å². The molecule has 0 amide bonds. The molecule has 2 aromatic carbocycles. The van der Waals surface area contributed by atoms with Gasteiger partial charge in [0.05, 0.1) is 12.1 Å². The van der Waals surface area contributed by atoms with Gasteiger partial charge in [-0.15, -0.1) is 0 Å². The number of halogens is 3. The first-order valence-electron chi connectivity index (χ1n) is 5.77. The Morgan fingerprint density at radius 3 is 2.70 bits per heavy atom. The molecule has 0 spiro atoms. The monoisotopic (exact) mass is 387 g/mol. The van der Waals surface area contributed by atoms with E-state index in [1.54, 1.807) is 12.1 Å². The first kappa shape index (κ1) is 13.3. The molecule has 0 bridgehead atoms. The van der Waals surface area contributed by atoms with Crippen molar-refractivity contribution in [1.82, 2.24) is 4.57 Å². The second-order valence-electron chi connectivity index (χ2n) is 4.30. The van der Waals surface area contributed by atoms with E-state index in [-0.39, 0.29) is 12.1 Å². The number of hydrogen-bond donors (Lipinski definition) is 0. The van der Waals surface area contributed by atoms with Crippen LogP contribution < -0.4 is 5.76 Å². The SMILES string of the molecule is O=c1oc2cc(I)ccc2n1Cc1ccc(F)cc1F. The number of nitrogens with zero attached hydrogens (tertiary/aromatic N) is 1. The highest BCUT2D eigenvalue weighted by Crippen LogP contribution is 2.18. The van der Waals surface area contributed by atoms with Gasteiger partial charge in [-0.1, -0.05) is 6.07 Å². The Labute approximate surface area is 126 Å². The lowest BCUT2D eigenvalue weighted by atomic mass is 10.2. The summed E-state index contributed by atoms with van der Waals surface area (Å²) in [7, 11) is 0. The fraction of sp³-hybridized carbons (Fsp3) is 0.0714. The molecular weight excluding hydrogens is 379 g/mol. The van der Waals surface area contributed by atoms with Gasteiger partial charge in [0.25, 0.3) is 0 Å². The first-order chi connectivity index (χ1) is 9.54. The number of hydrogen-bond acceptors (Lipinski definition) is 2. The van der Waals surface area contributed by atoms with Gasteiger partial charge in [0.2, 0.25) is 0 Å². The summed E-state index contributed by atoms with van der Waals surface area (Å²) in [5, 5.41) is 0. The molecule has 0 fully saturated rings. The van der Waals surface area contributed by atoms with Crippen LogP contribution in [0.4, 0.5) is 8.78 Å². The Hall–Kier alpha value is -1.70. The van der Waals surface area contributed by atoms with Crippen molar-refractivity contribution in [2.24, 2.45) is 0 Å². The molecule has 0 saturated heterocycles. The minimum absolute atomic E-state index is 0.00145. The molecule has 0 saturated carbocycles. The molecule has 1 heterocycles. The third kappa shape index (κ3) is 2.35. The van der Waals surface area contributed by atoms with Crippen LogP contribution >= 0.6 is 22.6 Å². The van der Waals surface area contributed by atoms with Crippen LogP contribution in [0.15, 0.2) is 45.6 Å². The summed E-state index contributed by atoms with van der Waals surface area (Å²) in [4.78, 5) is 11.8. The van der Waals surface area contributed by atoms with Crippen molar-refractivity contribution in [3.8, 4) is 0 Å². The number of benzene rings is 2. The van der Waals surface area contributed by atoms with Crippen molar-refractivity contribution >= 4 is 33.7 Å².